The first kappa shape index (κ1) is 20.4. The molecule has 0 aliphatic carbocycles. The molecule has 29 heavy (non-hydrogen) atoms. The maximum atomic E-state index is 12.2. The van der Waals surface area contributed by atoms with E-state index in [2.05, 4.69) is 25.0 Å². The smallest absolute Gasteiger partial charge is 0.406 e. The lowest BCUT2D eigenvalue weighted by atomic mass is 10.1. The van der Waals surface area contributed by atoms with Crippen molar-refractivity contribution in [2.75, 3.05) is 5.32 Å². The van der Waals surface area contributed by atoms with E-state index in [1.807, 2.05) is 6.92 Å². The highest BCUT2D eigenvalue weighted by Gasteiger charge is 2.31. The number of hydrogen-bond acceptors (Lipinski definition) is 5. The van der Waals surface area contributed by atoms with E-state index >= 15 is 0 Å². The maximum Gasteiger partial charge on any atom is 0.573 e. The number of nitrogens with one attached hydrogen (secondary N) is 2. The molecule has 0 unspecified atom stereocenters. The van der Waals surface area contributed by atoms with Crippen LogP contribution < -0.4 is 15.6 Å². The number of nitrogens with zero attached hydrogens (tertiary/aromatic N) is 2. The lowest BCUT2D eigenvalue weighted by Crippen LogP contribution is -2.17. The van der Waals surface area contributed by atoms with Crippen molar-refractivity contribution < 1.29 is 17.9 Å². The average molecular weight is 404 g/mol. The molecule has 9 heteroatoms. The molecule has 0 amide bonds. The summed E-state index contributed by atoms with van der Waals surface area (Å²) in [4.78, 5) is 23.3. The number of aryl methyl sites for hydroxylation is 1. The van der Waals surface area contributed by atoms with Crippen LogP contribution in [0.5, 0.6) is 5.75 Å². The first-order valence-corrected chi connectivity index (χ1v) is 8.78. The van der Waals surface area contributed by atoms with Crippen LogP contribution in [0.25, 0.3) is 11.4 Å². The molecule has 3 rings (SSSR count). The molecule has 2 N–H and O–H groups in total. The van der Waals surface area contributed by atoms with E-state index < -0.39 is 6.36 Å². The zero-order valence-corrected chi connectivity index (χ0v) is 16.0. The number of benzene rings is 1. The van der Waals surface area contributed by atoms with Gasteiger partial charge in [-0.1, -0.05) is 12.1 Å². The first-order valence-electron chi connectivity index (χ1n) is 8.78. The van der Waals surface area contributed by atoms with E-state index in [9.17, 15) is 18.0 Å². The van der Waals surface area contributed by atoms with Crippen molar-refractivity contribution in [3.05, 3.63) is 69.8 Å². The largest absolute Gasteiger partial charge is 0.573 e. The molecule has 2 aromatic heterocycles. The van der Waals surface area contributed by atoms with Gasteiger partial charge in [0.15, 0.2) is 0 Å². The van der Waals surface area contributed by atoms with E-state index in [-0.39, 0.29) is 17.4 Å². The Bertz CT molecular complexity index is 1050. The number of halogens is 3. The van der Waals surface area contributed by atoms with Gasteiger partial charge in [0, 0.05) is 29.1 Å². The predicted molar refractivity (Wildman–Crippen MR) is 103 cm³/mol. The van der Waals surface area contributed by atoms with Crippen LogP contribution in [0.15, 0.2) is 47.4 Å². The zero-order chi connectivity index (χ0) is 21.2. The van der Waals surface area contributed by atoms with Gasteiger partial charge in [-0.3, -0.25) is 4.79 Å². The monoisotopic (exact) mass is 404 g/mol. The normalized spacial score (nSPS) is 12.5. The van der Waals surface area contributed by atoms with Crippen LogP contribution in [0.4, 0.5) is 19.0 Å². The van der Waals surface area contributed by atoms with Gasteiger partial charge in [0.25, 0.3) is 5.56 Å². The molecule has 2 heterocycles. The van der Waals surface area contributed by atoms with Crippen molar-refractivity contribution in [2.24, 2.45) is 0 Å². The summed E-state index contributed by atoms with van der Waals surface area (Å²) in [5, 5.41) is 3.17. The van der Waals surface area contributed by atoms with Crippen LogP contribution in [0.2, 0.25) is 0 Å². The minimum atomic E-state index is -4.72. The summed E-state index contributed by atoms with van der Waals surface area (Å²) < 4.78 is 40.6. The minimum absolute atomic E-state index is 0.193. The van der Waals surface area contributed by atoms with Crippen LogP contribution in [-0.4, -0.2) is 21.3 Å². The molecule has 0 bridgehead atoms. The second kappa shape index (κ2) is 7.94. The number of aromatic amines is 1. The number of ether oxygens (including phenoxy) is 1. The van der Waals surface area contributed by atoms with Crippen LogP contribution >= 0.6 is 0 Å². The van der Waals surface area contributed by atoms with Crippen molar-refractivity contribution >= 4 is 5.82 Å². The average Bonchev–Trinajstić information content (AvgIpc) is 2.65. The molecule has 0 fully saturated rings. The molecule has 0 spiro atoms. The Balaban J connectivity index is 1.70. The molecule has 3 aromatic rings. The molecule has 152 valence electrons. The summed E-state index contributed by atoms with van der Waals surface area (Å²) in [6, 6.07) is 8.94. The van der Waals surface area contributed by atoms with Crippen LogP contribution in [0.1, 0.15) is 29.8 Å². The molecular formula is C20H19F3N4O2. The summed E-state index contributed by atoms with van der Waals surface area (Å²) in [5.74, 6) is 0.735. The van der Waals surface area contributed by atoms with Gasteiger partial charge in [-0.2, -0.15) is 0 Å². The van der Waals surface area contributed by atoms with Crippen molar-refractivity contribution in [3.8, 4) is 17.1 Å². The van der Waals surface area contributed by atoms with E-state index in [1.54, 1.807) is 44.3 Å². The Morgan fingerprint density at radius 3 is 2.34 bits per heavy atom. The Morgan fingerprint density at radius 2 is 1.79 bits per heavy atom. The second-order valence-corrected chi connectivity index (χ2v) is 6.54. The number of aromatic nitrogens is 3. The number of anilines is 1. The lowest BCUT2D eigenvalue weighted by Gasteiger charge is -2.16. The first-order chi connectivity index (χ1) is 13.6. The predicted octanol–water partition coefficient (Wildman–Crippen LogP) is 4.52. The van der Waals surface area contributed by atoms with E-state index in [4.69, 9.17) is 0 Å². The number of rotatable bonds is 5. The molecule has 1 atom stereocenters. The molecule has 6 nitrogen and oxygen atoms in total. The third-order valence-corrected chi connectivity index (χ3v) is 4.41. The molecule has 0 aliphatic heterocycles. The quantitative estimate of drug-likeness (QED) is 0.654. The fourth-order valence-electron chi connectivity index (χ4n) is 2.66. The van der Waals surface area contributed by atoms with Crippen LogP contribution in [0.3, 0.4) is 0 Å². The summed E-state index contributed by atoms with van der Waals surface area (Å²) >= 11 is 0. The van der Waals surface area contributed by atoms with Crippen molar-refractivity contribution in [2.45, 2.75) is 33.2 Å². The van der Waals surface area contributed by atoms with Gasteiger partial charge in [0.1, 0.15) is 17.4 Å². The summed E-state index contributed by atoms with van der Waals surface area (Å²) in [7, 11) is 0. The van der Waals surface area contributed by atoms with E-state index in [0.29, 0.717) is 28.5 Å². The summed E-state index contributed by atoms with van der Waals surface area (Å²) in [6.07, 6.45) is -3.13. The number of pyridine rings is 1. The minimum Gasteiger partial charge on any atom is -0.406 e. The third kappa shape index (κ3) is 5.13. The second-order valence-electron chi connectivity index (χ2n) is 6.54. The number of alkyl halides is 3. The van der Waals surface area contributed by atoms with Gasteiger partial charge in [0.05, 0.1) is 0 Å². The number of H-pyrrole nitrogens is 1. The van der Waals surface area contributed by atoms with E-state index in [1.165, 1.54) is 12.1 Å². The van der Waals surface area contributed by atoms with Gasteiger partial charge in [-0.05, 0) is 50.6 Å². The number of hydrogen-bond donors (Lipinski definition) is 2. The van der Waals surface area contributed by atoms with Gasteiger partial charge >= 0.3 is 6.36 Å². The fraction of sp³-hybridized carbons (Fsp3) is 0.250. The van der Waals surface area contributed by atoms with Crippen LogP contribution in [0, 0.1) is 13.8 Å². The van der Waals surface area contributed by atoms with Crippen molar-refractivity contribution in [3.63, 3.8) is 0 Å². The van der Waals surface area contributed by atoms with Gasteiger partial charge in [0.2, 0.25) is 0 Å². The Hall–Kier alpha value is -3.36. The Kier molecular flexibility index (Phi) is 5.58. The Morgan fingerprint density at radius 1 is 1.10 bits per heavy atom. The molecule has 0 radical (unpaired) electrons. The Labute approximate surface area is 164 Å². The molecule has 0 saturated heterocycles. The standard InChI is InChI=1S/C20H19F3N4O2/c1-11-12(2)26-18(27-19(11)28)15-6-9-17(24-10-15)25-13(3)14-4-7-16(8-5-14)29-20(21,22)23/h4-10,13H,1-3H3,(H,24,25)(H,26,27,28)/t13-/m0/s1. The lowest BCUT2D eigenvalue weighted by molar-refractivity contribution is -0.274. The third-order valence-electron chi connectivity index (χ3n) is 4.41. The highest BCUT2D eigenvalue weighted by atomic mass is 19.4. The van der Waals surface area contributed by atoms with Crippen molar-refractivity contribution in [1.82, 2.24) is 15.0 Å². The van der Waals surface area contributed by atoms with Gasteiger partial charge in [-0.15, -0.1) is 13.2 Å². The topological polar surface area (TPSA) is 79.9 Å². The van der Waals surface area contributed by atoms with Crippen LogP contribution in [-0.2, 0) is 0 Å². The highest BCUT2D eigenvalue weighted by Crippen LogP contribution is 2.25. The molecular weight excluding hydrogens is 385 g/mol. The SMILES string of the molecule is Cc1nc(-c2ccc(N[C@@H](C)c3ccc(OC(F)(F)F)cc3)nc2)[nH]c(=O)c1C. The zero-order valence-electron chi connectivity index (χ0n) is 16.0. The fourth-order valence-corrected chi connectivity index (χ4v) is 2.66. The van der Waals surface area contributed by atoms with Gasteiger partial charge < -0.3 is 15.0 Å². The molecule has 0 saturated carbocycles. The highest BCUT2D eigenvalue weighted by molar-refractivity contribution is 5.56. The summed E-state index contributed by atoms with van der Waals surface area (Å²) in [6.45, 7) is 5.33. The molecule has 1 aromatic carbocycles. The van der Waals surface area contributed by atoms with E-state index in [0.717, 1.165) is 5.56 Å². The summed E-state index contributed by atoms with van der Waals surface area (Å²) in [5.41, 5.74) is 2.46. The molecule has 0 aliphatic rings. The van der Waals surface area contributed by atoms with Crippen molar-refractivity contribution in [1.29, 1.82) is 0 Å². The maximum absolute atomic E-state index is 12.2. The van der Waals surface area contributed by atoms with Gasteiger partial charge in [-0.25, -0.2) is 9.97 Å².